The van der Waals surface area contributed by atoms with Crippen molar-refractivity contribution >= 4 is 18.0 Å². The third kappa shape index (κ3) is 4.50. The highest BCUT2D eigenvalue weighted by Gasteiger charge is 2.33. The Bertz CT molecular complexity index is 698. The fourth-order valence-corrected chi connectivity index (χ4v) is 2.76. The normalized spacial score (nSPS) is 17.7. The van der Waals surface area contributed by atoms with E-state index in [1.807, 2.05) is 27.7 Å². The average molecular weight is 363 g/mol. The van der Waals surface area contributed by atoms with Gasteiger partial charge in [0.05, 0.1) is 18.2 Å². The van der Waals surface area contributed by atoms with Crippen LogP contribution in [0.15, 0.2) is 18.5 Å². The molecule has 0 spiro atoms. The third-order valence-corrected chi connectivity index (χ3v) is 4.00. The lowest BCUT2D eigenvalue weighted by Crippen LogP contribution is -2.56. The predicted octanol–water partition coefficient (Wildman–Crippen LogP) is 1.95. The van der Waals surface area contributed by atoms with Gasteiger partial charge >= 0.3 is 12.1 Å². The first-order valence-corrected chi connectivity index (χ1v) is 8.45. The number of pyridine rings is 1. The molecule has 0 saturated carbocycles. The molecule has 1 aliphatic rings. The molecule has 0 N–H and O–H groups in total. The zero-order chi connectivity index (χ0) is 19.5. The monoisotopic (exact) mass is 363 g/mol. The summed E-state index contributed by atoms with van der Waals surface area (Å²) in [6.07, 6.45) is 2.38. The van der Waals surface area contributed by atoms with E-state index in [2.05, 4.69) is 4.98 Å². The van der Waals surface area contributed by atoms with Gasteiger partial charge in [0.2, 0.25) is 0 Å². The number of carbonyl (C=O) groups is 3. The van der Waals surface area contributed by atoms with Gasteiger partial charge in [-0.2, -0.15) is 0 Å². The first-order chi connectivity index (χ1) is 12.1. The molecule has 26 heavy (non-hydrogen) atoms. The molecule has 2 rings (SSSR count). The molecule has 1 fully saturated rings. The van der Waals surface area contributed by atoms with Crippen molar-refractivity contribution in [2.75, 3.05) is 26.7 Å². The van der Waals surface area contributed by atoms with Crippen molar-refractivity contribution in [2.24, 2.45) is 0 Å². The number of ether oxygens (including phenoxy) is 2. The van der Waals surface area contributed by atoms with Crippen LogP contribution in [-0.4, -0.2) is 71.1 Å². The molecule has 1 aromatic rings. The molecule has 2 amide bonds. The molecular formula is C18H25N3O5. The van der Waals surface area contributed by atoms with Crippen LogP contribution >= 0.6 is 0 Å². The molecule has 2 heterocycles. The van der Waals surface area contributed by atoms with Gasteiger partial charge < -0.3 is 19.3 Å². The van der Waals surface area contributed by atoms with Gasteiger partial charge in [0.1, 0.15) is 5.60 Å². The van der Waals surface area contributed by atoms with Crippen LogP contribution in [0.2, 0.25) is 0 Å². The minimum Gasteiger partial charge on any atom is -0.465 e. The van der Waals surface area contributed by atoms with Gasteiger partial charge in [-0.1, -0.05) is 0 Å². The summed E-state index contributed by atoms with van der Waals surface area (Å²) < 4.78 is 10.1. The Balaban J connectivity index is 2.11. The number of rotatable bonds is 2. The van der Waals surface area contributed by atoms with Crippen molar-refractivity contribution in [1.29, 1.82) is 0 Å². The number of carbonyl (C=O) groups excluding carboxylic acids is 3. The molecule has 1 aromatic heterocycles. The summed E-state index contributed by atoms with van der Waals surface area (Å²) >= 11 is 0. The number of piperazine rings is 1. The maximum atomic E-state index is 12.8. The van der Waals surface area contributed by atoms with Crippen LogP contribution in [0.25, 0.3) is 0 Å². The lowest BCUT2D eigenvalue weighted by Gasteiger charge is -2.40. The second-order valence-corrected chi connectivity index (χ2v) is 7.19. The molecule has 0 aromatic carbocycles. The van der Waals surface area contributed by atoms with Crippen molar-refractivity contribution in [1.82, 2.24) is 14.8 Å². The Morgan fingerprint density at radius 2 is 1.88 bits per heavy atom. The zero-order valence-corrected chi connectivity index (χ0v) is 15.8. The van der Waals surface area contributed by atoms with Crippen LogP contribution < -0.4 is 0 Å². The molecular weight excluding hydrogens is 338 g/mol. The summed E-state index contributed by atoms with van der Waals surface area (Å²) in [7, 11) is 1.26. The molecule has 0 bridgehead atoms. The van der Waals surface area contributed by atoms with E-state index in [0.29, 0.717) is 19.6 Å². The standard InChI is InChI=1S/C18H25N3O5/c1-12-11-20(8-9-21(12)17(24)26-18(2,3)4)15(22)13-6-7-19-10-14(13)16(23)25-5/h6-7,10,12H,8-9,11H2,1-5H3/t12-/m1/s1. The Morgan fingerprint density at radius 1 is 1.19 bits per heavy atom. The number of methoxy groups -OCH3 is 1. The first-order valence-electron chi connectivity index (χ1n) is 8.45. The molecule has 142 valence electrons. The highest BCUT2D eigenvalue weighted by Crippen LogP contribution is 2.18. The van der Waals surface area contributed by atoms with E-state index in [-0.39, 0.29) is 23.1 Å². The fourth-order valence-electron chi connectivity index (χ4n) is 2.76. The Hall–Kier alpha value is -2.64. The smallest absolute Gasteiger partial charge is 0.410 e. The average Bonchev–Trinajstić information content (AvgIpc) is 2.58. The molecule has 0 aliphatic carbocycles. The highest BCUT2D eigenvalue weighted by molar-refractivity contribution is 6.05. The molecule has 8 heteroatoms. The van der Waals surface area contributed by atoms with Gasteiger partial charge in [-0.15, -0.1) is 0 Å². The van der Waals surface area contributed by atoms with Crippen LogP contribution in [-0.2, 0) is 9.47 Å². The highest BCUT2D eigenvalue weighted by atomic mass is 16.6. The van der Waals surface area contributed by atoms with Gasteiger partial charge in [-0.3, -0.25) is 9.78 Å². The third-order valence-electron chi connectivity index (χ3n) is 4.00. The van der Waals surface area contributed by atoms with Gasteiger partial charge in [0.25, 0.3) is 5.91 Å². The second-order valence-electron chi connectivity index (χ2n) is 7.19. The number of esters is 1. The molecule has 8 nitrogen and oxygen atoms in total. The largest absolute Gasteiger partial charge is 0.465 e. The van der Waals surface area contributed by atoms with Crippen LogP contribution in [0.1, 0.15) is 48.4 Å². The number of amides is 2. The van der Waals surface area contributed by atoms with Gasteiger partial charge in [-0.05, 0) is 33.8 Å². The second kappa shape index (κ2) is 7.72. The van der Waals surface area contributed by atoms with Crippen LogP contribution in [0.4, 0.5) is 4.79 Å². The van der Waals surface area contributed by atoms with Crippen molar-refractivity contribution in [2.45, 2.75) is 39.3 Å². The maximum Gasteiger partial charge on any atom is 0.410 e. The van der Waals surface area contributed by atoms with Crippen LogP contribution in [0, 0.1) is 0 Å². The molecule has 0 unspecified atom stereocenters. The lowest BCUT2D eigenvalue weighted by molar-refractivity contribution is 0.00197. The van der Waals surface area contributed by atoms with E-state index < -0.39 is 17.7 Å². The van der Waals surface area contributed by atoms with Crippen molar-refractivity contribution in [3.05, 3.63) is 29.6 Å². The van der Waals surface area contributed by atoms with E-state index in [1.54, 1.807) is 9.80 Å². The summed E-state index contributed by atoms with van der Waals surface area (Å²) in [4.78, 5) is 44.1. The first kappa shape index (κ1) is 19.7. The lowest BCUT2D eigenvalue weighted by atomic mass is 10.1. The predicted molar refractivity (Wildman–Crippen MR) is 93.9 cm³/mol. The Labute approximate surface area is 153 Å². The van der Waals surface area contributed by atoms with Gasteiger partial charge in [0, 0.05) is 38.1 Å². The quantitative estimate of drug-likeness (QED) is 0.746. The minimum atomic E-state index is -0.609. The van der Waals surface area contributed by atoms with E-state index >= 15 is 0 Å². The Morgan fingerprint density at radius 3 is 2.46 bits per heavy atom. The van der Waals surface area contributed by atoms with E-state index in [9.17, 15) is 14.4 Å². The number of nitrogens with zero attached hydrogens (tertiary/aromatic N) is 3. The summed E-state index contributed by atoms with van der Waals surface area (Å²) in [6.45, 7) is 8.36. The van der Waals surface area contributed by atoms with Crippen molar-refractivity contribution in [3.8, 4) is 0 Å². The number of aromatic nitrogens is 1. The van der Waals surface area contributed by atoms with Crippen molar-refractivity contribution < 1.29 is 23.9 Å². The molecule has 0 radical (unpaired) electrons. The summed E-state index contributed by atoms with van der Waals surface area (Å²) in [5, 5.41) is 0. The Kier molecular flexibility index (Phi) is 5.84. The van der Waals surface area contributed by atoms with Crippen molar-refractivity contribution in [3.63, 3.8) is 0 Å². The summed E-state index contributed by atoms with van der Waals surface area (Å²) in [5.41, 5.74) is -0.206. The maximum absolute atomic E-state index is 12.8. The SMILES string of the molecule is COC(=O)c1cnccc1C(=O)N1CCN(C(=O)OC(C)(C)C)[C@H](C)C1. The van der Waals surface area contributed by atoms with E-state index in [4.69, 9.17) is 9.47 Å². The van der Waals surface area contributed by atoms with Crippen LogP contribution in [0.3, 0.4) is 0 Å². The topological polar surface area (TPSA) is 89.0 Å². The molecule has 1 atom stereocenters. The fraction of sp³-hybridized carbons (Fsp3) is 0.556. The number of hydrogen-bond donors (Lipinski definition) is 0. The zero-order valence-electron chi connectivity index (χ0n) is 15.8. The van der Waals surface area contributed by atoms with E-state index in [1.165, 1.54) is 25.6 Å². The van der Waals surface area contributed by atoms with Crippen LogP contribution in [0.5, 0.6) is 0 Å². The minimum absolute atomic E-state index is 0.127. The van der Waals surface area contributed by atoms with Gasteiger partial charge in [-0.25, -0.2) is 9.59 Å². The van der Waals surface area contributed by atoms with E-state index in [0.717, 1.165) is 0 Å². The summed E-state index contributed by atoms with van der Waals surface area (Å²) in [5.74, 6) is -0.898. The molecule has 1 saturated heterocycles. The summed E-state index contributed by atoms with van der Waals surface area (Å²) in [6, 6.07) is 1.30. The molecule has 1 aliphatic heterocycles. The number of hydrogen-bond acceptors (Lipinski definition) is 6. The van der Waals surface area contributed by atoms with Gasteiger partial charge in [0.15, 0.2) is 0 Å².